The second-order valence-corrected chi connectivity index (χ2v) is 10.2. The molecular weight excluding hydrogens is 474 g/mol. The molecule has 0 fully saturated rings. The van der Waals surface area contributed by atoms with Crippen LogP contribution in [0.5, 0.6) is 5.75 Å². The van der Waals surface area contributed by atoms with Gasteiger partial charge in [0.2, 0.25) is 11.8 Å². The zero-order valence-electron chi connectivity index (χ0n) is 21.0. The maximum Gasteiger partial charge on any atom is 0.248 e. The summed E-state index contributed by atoms with van der Waals surface area (Å²) in [5, 5.41) is 13.4. The number of methoxy groups -OCH3 is 1. The van der Waals surface area contributed by atoms with Crippen molar-refractivity contribution in [3.63, 3.8) is 0 Å². The van der Waals surface area contributed by atoms with Crippen molar-refractivity contribution in [3.8, 4) is 5.75 Å². The second-order valence-electron chi connectivity index (χ2n) is 9.21. The number of benzene rings is 2. The van der Waals surface area contributed by atoms with Crippen LogP contribution < -0.4 is 10.1 Å². The molecular formula is C27H31N5O3S. The summed E-state index contributed by atoms with van der Waals surface area (Å²) in [5.74, 6) is 0.177. The van der Waals surface area contributed by atoms with Crippen molar-refractivity contribution in [1.29, 1.82) is 0 Å². The Morgan fingerprint density at radius 2 is 1.86 bits per heavy atom. The van der Waals surface area contributed by atoms with E-state index in [1.807, 2.05) is 86.8 Å². The second kappa shape index (κ2) is 10.9. The Balaban J connectivity index is 1.75. The molecule has 0 aliphatic rings. The number of carbonyl (C=O) groups is 2. The van der Waals surface area contributed by atoms with E-state index in [9.17, 15) is 9.59 Å². The molecule has 1 atom stereocenters. The van der Waals surface area contributed by atoms with Crippen LogP contribution in [0, 0.1) is 0 Å². The molecule has 0 aliphatic carbocycles. The first-order valence-electron chi connectivity index (χ1n) is 11.9. The summed E-state index contributed by atoms with van der Waals surface area (Å²) in [7, 11) is 1.60. The Labute approximate surface area is 214 Å². The number of hydrogen-bond acceptors (Lipinski definition) is 6. The van der Waals surface area contributed by atoms with E-state index >= 15 is 0 Å². The lowest BCUT2D eigenvalue weighted by atomic mass is 10.0. The number of aromatic nitrogens is 3. The van der Waals surface area contributed by atoms with Crippen molar-refractivity contribution < 1.29 is 14.3 Å². The van der Waals surface area contributed by atoms with E-state index in [1.165, 1.54) is 11.3 Å². The standard InChI is InChI=1S/C27H31N5O3S/c1-5-27(2,3)28-26(34)25(23-15-10-16-36-23)31(17-19-11-6-9-14-22(19)35-4)24(33)18-32-21-13-8-7-12-20(21)29-30-32/h6-16,25H,5,17-18H2,1-4H3,(H,28,34). The number of hydrogen-bond donors (Lipinski definition) is 1. The van der Waals surface area contributed by atoms with Crippen LogP contribution in [0.15, 0.2) is 66.0 Å². The molecule has 4 rings (SSSR count). The third-order valence-electron chi connectivity index (χ3n) is 6.28. The Bertz CT molecular complexity index is 1330. The van der Waals surface area contributed by atoms with Crippen LogP contribution in [0.25, 0.3) is 11.0 Å². The minimum absolute atomic E-state index is 0.0536. The van der Waals surface area contributed by atoms with Gasteiger partial charge in [0.1, 0.15) is 23.9 Å². The van der Waals surface area contributed by atoms with E-state index in [0.29, 0.717) is 11.3 Å². The summed E-state index contributed by atoms with van der Waals surface area (Å²) in [6.07, 6.45) is 0.751. The number of para-hydroxylation sites is 2. The van der Waals surface area contributed by atoms with Crippen molar-refractivity contribution >= 4 is 34.2 Å². The molecule has 8 nitrogen and oxygen atoms in total. The molecule has 2 amide bonds. The SMILES string of the molecule is CCC(C)(C)NC(=O)C(c1cccs1)N(Cc1ccccc1OC)C(=O)Cn1nnc2ccccc21. The topological polar surface area (TPSA) is 89.4 Å². The lowest BCUT2D eigenvalue weighted by Crippen LogP contribution is -2.50. The van der Waals surface area contributed by atoms with E-state index in [4.69, 9.17) is 4.74 Å². The number of nitrogens with zero attached hydrogens (tertiary/aromatic N) is 4. The van der Waals surface area contributed by atoms with Gasteiger partial charge in [0.15, 0.2) is 0 Å². The molecule has 0 aliphatic heterocycles. The molecule has 0 radical (unpaired) electrons. The smallest absolute Gasteiger partial charge is 0.248 e. The summed E-state index contributed by atoms with van der Waals surface area (Å²) in [5.41, 5.74) is 1.85. The fourth-order valence-electron chi connectivity index (χ4n) is 3.96. The zero-order valence-corrected chi connectivity index (χ0v) is 21.8. The van der Waals surface area contributed by atoms with Gasteiger partial charge < -0.3 is 15.0 Å². The molecule has 188 valence electrons. The van der Waals surface area contributed by atoms with E-state index in [2.05, 4.69) is 15.6 Å². The van der Waals surface area contributed by atoms with Crippen LogP contribution in [-0.4, -0.2) is 44.4 Å². The van der Waals surface area contributed by atoms with E-state index < -0.39 is 11.6 Å². The summed E-state index contributed by atoms with van der Waals surface area (Å²) < 4.78 is 7.13. The van der Waals surface area contributed by atoms with Gasteiger partial charge in [-0.25, -0.2) is 4.68 Å². The Kier molecular flexibility index (Phi) is 7.69. The van der Waals surface area contributed by atoms with Crippen LogP contribution in [0.1, 0.15) is 43.7 Å². The maximum absolute atomic E-state index is 14.0. The molecule has 36 heavy (non-hydrogen) atoms. The molecule has 2 heterocycles. The van der Waals surface area contributed by atoms with Crippen LogP contribution >= 0.6 is 11.3 Å². The first-order valence-corrected chi connectivity index (χ1v) is 12.8. The lowest BCUT2D eigenvalue weighted by Gasteiger charge is -2.34. The first kappa shape index (κ1) is 25.4. The molecule has 0 bridgehead atoms. The van der Waals surface area contributed by atoms with Crippen molar-refractivity contribution in [2.45, 2.75) is 51.9 Å². The molecule has 0 spiro atoms. The highest BCUT2D eigenvalue weighted by atomic mass is 32.1. The number of ether oxygens (including phenoxy) is 1. The number of amides is 2. The third-order valence-corrected chi connectivity index (χ3v) is 7.20. The molecule has 2 aromatic carbocycles. The van der Waals surface area contributed by atoms with Crippen LogP contribution in [0.3, 0.4) is 0 Å². The van der Waals surface area contributed by atoms with Crippen LogP contribution in [0.4, 0.5) is 0 Å². The lowest BCUT2D eigenvalue weighted by molar-refractivity contribution is -0.142. The highest BCUT2D eigenvalue weighted by Gasteiger charge is 2.35. The molecule has 1 unspecified atom stereocenters. The fraction of sp³-hybridized carbons (Fsp3) is 0.333. The zero-order chi connectivity index (χ0) is 25.7. The summed E-state index contributed by atoms with van der Waals surface area (Å²) >= 11 is 1.45. The number of thiophene rings is 1. The van der Waals surface area contributed by atoms with Gasteiger partial charge in [0.25, 0.3) is 0 Å². The molecule has 2 aromatic heterocycles. The van der Waals surface area contributed by atoms with E-state index in [0.717, 1.165) is 22.4 Å². The maximum atomic E-state index is 14.0. The van der Waals surface area contributed by atoms with Gasteiger partial charge in [-0.2, -0.15) is 0 Å². The summed E-state index contributed by atoms with van der Waals surface area (Å²) in [6.45, 7) is 6.11. The highest BCUT2D eigenvalue weighted by molar-refractivity contribution is 7.10. The first-order chi connectivity index (χ1) is 17.3. The molecule has 0 saturated carbocycles. The van der Waals surface area contributed by atoms with Crippen molar-refractivity contribution in [2.24, 2.45) is 0 Å². The minimum Gasteiger partial charge on any atom is -0.496 e. The van der Waals surface area contributed by atoms with E-state index in [1.54, 1.807) is 16.7 Å². The molecule has 1 N–H and O–H groups in total. The summed E-state index contributed by atoms with van der Waals surface area (Å²) in [6, 6.07) is 18.0. The van der Waals surface area contributed by atoms with Gasteiger partial charge in [-0.15, -0.1) is 16.4 Å². The number of nitrogens with one attached hydrogen (secondary N) is 1. The Morgan fingerprint density at radius 1 is 1.11 bits per heavy atom. The van der Waals surface area contributed by atoms with Gasteiger partial charge >= 0.3 is 0 Å². The van der Waals surface area contributed by atoms with Gasteiger partial charge in [-0.05, 0) is 49.9 Å². The third kappa shape index (κ3) is 5.57. The van der Waals surface area contributed by atoms with E-state index in [-0.39, 0.29) is 24.9 Å². The van der Waals surface area contributed by atoms with Gasteiger partial charge in [0, 0.05) is 16.0 Å². The van der Waals surface area contributed by atoms with Crippen molar-refractivity contribution in [3.05, 3.63) is 76.5 Å². The van der Waals surface area contributed by atoms with Gasteiger partial charge in [-0.1, -0.05) is 48.5 Å². The monoisotopic (exact) mass is 505 g/mol. The number of fused-ring (bicyclic) bond motifs is 1. The average Bonchev–Trinajstić information content (AvgIpc) is 3.54. The average molecular weight is 506 g/mol. The normalized spacial score (nSPS) is 12.3. The quantitative estimate of drug-likeness (QED) is 0.341. The van der Waals surface area contributed by atoms with Crippen LogP contribution in [0.2, 0.25) is 0 Å². The van der Waals surface area contributed by atoms with Gasteiger partial charge in [0.05, 0.1) is 19.2 Å². The fourth-order valence-corrected chi connectivity index (χ4v) is 4.79. The molecule has 4 aromatic rings. The number of rotatable bonds is 10. The van der Waals surface area contributed by atoms with Gasteiger partial charge in [-0.3, -0.25) is 9.59 Å². The Hall–Kier alpha value is -3.72. The largest absolute Gasteiger partial charge is 0.496 e. The van der Waals surface area contributed by atoms with Crippen molar-refractivity contribution in [1.82, 2.24) is 25.2 Å². The highest BCUT2D eigenvalue weighted by Crippen LogP contribution is 2.31. The predicted octanol–water partition coefficient (Wildman–Crippen LogP) is 4.58. The van der Waals surface area contributed by atoms with Crippen LogP contribution in [-0.2, 0) is 22.7 Å². The Morgan fingerprint density at radius 3 is 2.58 bits per heavy atom. The predicted molar refractivity (Wildman–Crippen MR) is 141 cm³/mol. The number of carbonyl (C=O) groups excluding carboxylic acids is 2. The molecule has 0 saturated heterocycles. The molecule has 9 heteroatoms. The summed E-state index contributed by atoms with van der Waals surface area (Å²) in [4.78, 5) is 30.1. The van der Waals surface area contributed by atoms with Crippen molar-refractivity contribution in [2.75, 3.05) is 7.11 Å². The minimum atomic E-state index is -0.817.